The summed E-state index contributed by atoms with van der Waals surface area (Å²) in [5, 5.41) is 1.57. The number of piperidine rings is 1. The van der Waals surface area contributed by atoms with E-state index in [1.165, 1.54) is 18.2 Å². The van der Waals surface area contributed by atoms with Gasteiger partial charge in [0.1, 0.15) is 0 Å². The van der Waals surface area contributed by atoms with Gasteiger partial charge in [-0.1, -0.05) is 6.42 Å². The van der Waals surface area contributed by atoms with Crippen molar-refractivity contribution in [3.05, 3.63) is 30.0 Å². The van der Waals surface area contributed by atoms with Crippen molar-refractivity contribution in [3.8, 4) is 5.88 Å². The number of hydroxylamine groups is 2. The SMILES string of the molecule is O=C(ON1CCCCC1)c1ccc2nc(OS(=O)(=O)C(F)(F)F)cnc2c1. The van der Waals surface area contributed by atoms with E-state index in [4.69, 9.17) is 4.84 Å². The van der Waals surface area contributed by atoms with E-state index in [2.05, 4.69) is 14.2 Å². The van der Waals surface area contributed by atoms with Crippen molar-refractivity contribution in [1.82, 2.24) is 15.0 Å². The normalized spacial score (nSPS) is 16.3. The molecular weight excluding hydrogens is 391 g/mol. The van der Waals surface area contributed by atoms with Gasteiger partial charge in [-0.25, -0.2) is 14.8 Å². The lowest BCUT2D eigenvalue weighted by molar-refractivity contribution is -0.119. The maximum absolute atomic E-state index is 12.4. The average molecular weight is 405 g/mol. The molecule has 3 rings (SSSR count). The van der Waals surface area contributed by atoms with Gasteiger partial charge in [-0.15, -0.1) is 5.06 Å². The molecule has 2 aromatic rings. The first-order chi connectivity index (χ1) is 12.7. The van der Waals surface area contributed by atoms with E-state index in [9.17, 15) is 26.4 Å². The van der Waals surface area contributed by atoms with E-state index in [0.717, 1.165) is 25.5 Å². The third kappa shape index (κ3) is 4.45. The Morgan fingerprint density at radius 1 is 1.11 bits per heavy atom. The van der Waals surface area contributed by atoms with Gasteiger partial charge >= 0.3 is 21.6 Å². The molecule has 1 aliphatic heterocycles. The van der Waals surface area contributed by atoms with Crippen LogP contribution in [-0.4, -0.2) is 48.0 Å². The number of carbonyl (C=O) groups excluding carboxylic acids is 1. The minimum atomic E-state index is -5.84. The summed E-state index contributed by atoms with van der Waals surface area (Å²) in [6.07, 6.45) is 3.67. The largest absolute Gasteiger partial charge is 0.534 e. The van der Waals surface area contributed by atoms with Gasteiger partial charge in [0.05, 0.1) is 22.8 Å². The van der Waals surface area contributed by atoms with Gasteiger partial charge < -0.3 is 9.02 Å². The van der Waals surface area contributed by atoms with Crippen LogP contribution in [0.25, 0.3) is 11.0 Å². The van der Waals surface area contributed by atoms with Crippen molar-refractivity contribution in [2.75, 3.05) is 13.1 Å². The van der Waals surface area contributed by atoms with Gasteiger partial charge in [-0.3, -0.25) is 0 Å². The van der Waals surface area contributed by atoms with Crippen molar-refractivity contribution in [2.45, 2.75) is 24.8 Å². The standard InChI is InChI=1S/C15H14F3N3O5S/c16-15(17,18)27(23,24)26-13-9-19-12-8-10(4-5-11(12)20-13)14(22)25-21-6-2-1-3-7-21/h4-5,8-9H,1-3,6-7H2. The lowest BCUT2D eigenvalue weighted by atomic mass is 10.2. The summed E-state index contributed by atoms with van der Waals surface area (Å²) in [6, 6.07) is 4.00. The zero-order valence-corrected chi connectivity index (χ0v) is 14.6. The quantitative estimate of drug-likeness (QED) is 0.565. The first-order valence-electron chi connectivity index (χ1n) is 7.90. The maximum atomic E-state index is 12.4. The van der Waals surface area contributed by atoms with Gasteiger partial charge in [0.2, 0.25) is 0 Å². The summed E-state index contributed by atoms with van der Waals surface area (Å²) in [6.45, 7) is 1.29. The monoisotopic (exact) mass is 405 g/mol. The fourth-order valence-electron chi connectivity index (χ4n) is 2.45. The Hall–Kier alpha value is -2.47. The Morgan fingerprint density at radius 2 is 1.81 bits per heavy atom. The third-order valence-corrected chi connectivity index (χ3v) is 4.72. The summed E-state index contributed by atoms with van der Waals surface area (Å²) >= 11 is 0. The topological polar surface area (TPSA) is 98.7 Å². The predicted molar refractivity (Wildman–Crippen MR) is 86.0 cm³/mol. The third-order valence-electron chi connectivity index (χ3n) is 3.76. The Labute approximate surface area is 152 Å². The van der Waals surface area contributed by atoms with Crippen LogP contribution in [0.2, 0.25) is 0 Å². The van der Waals surface area contributed by atoms with Gasteiger partial charge in [-0.05, 0) is 31.0 Å². The number of aromatic nitrogens is 2. The summed E-state index contributed by atoms with van der Waals surface area (Å²) in [5.41, 5.74) is -5.18. The molecule has 0 atom stereocenters. The highest BCUT2D eigenvalue weighted by Gasteiger charge is 2.48. The number of hydrogen-bond acceptors (Lipinski definition) is 8. The van der Waals surface area contributed by atoms with Crippen LogP contribution in [-0.2, 0) is 15.0 Å². The molecule has 27 heavy (non-hydrogen) atoms. The highest BCUT2D eigenvalue weighted by molar-refractivity contribution is 7.87. The molecule has 0 unspecified atom stereocenters. The lowest BCUT2D eigenvalue weighted by Gasteiger charge is -2.24. The highest BCUT2D eigenvalue weighted by Crippen LogP contribution is 2.26. The van der Waals surface area contributed by atoms with E-state index < -0.39 is 27.5 Å². The molecule has 1 aliphatic rings. The van der Waals surface area contributed by atoms with Gasteiger partial charge in [0, 0.05) is 13.1 Å². The molecule has 0 bridgehead atoms. The van der Waals surface area contributed by atoms with Crippen molar-refractivity contribution in [1.29, 1.82) is 0 Å². The maximum Gasteiger partial charge on any atom is 0.534 e. The van der Waals surface area contributed by atoms with Crippen LogP contribution in [0.1, 0.15) is 29.6 Å². The molecule has 2 heterocycles. The van der Waals surface area contributed by atoms with Crippen LogP contribution in [0.4, 0.5) is 13.2 Å². The minimum absolute atomic E-state index is 0.0550. The predicted octanol–water partition coefficient (Wildman–Crippen LogP) is 2.42. The molecule has 0 radical (unpaired) electrons. The minimum Gasteiger partial charge on any atom is -0.364 e. The van der Waals surface area contributed by atoms with Crippen LogP contribution in [0.3, 0.4) is 0 Å². The number of rotatable bonds is 4. The molecule has 1 saturated heterocycles. The van der Waals surface area contributed by atoms with Crippen LogP contribution in [0.5, 0.6) is 5.88 Å². The second-order valence-electron chi connectivity index (χ2n) is 5.76. The number of alkyl halides is 3. The fourth-order valence-corrected chi connectivity index (χ4v) is 2.85. The van der Waals surface area contributed by atoms with Crippen molar-refractivity contribution >= 4 is 27.1 Å². The molecule has 0 aliphatic carbocycles. The summed E-state index contributed by atoms with van der Waals surface area (Å²) in [7, 11) is -5.84. The molecule has 0 spiro atoms. The molecule has 8 nitrogen and oxygen atoms in total. The van der Waals surface area contributed by atoms with Crippen LogP contribution >= 0.6 is 0 Å². The molecule has 1 aromatic heterocycles. The van der Waals surface area contributed by atoms with E-state index in [-0.39, 0.29) is 16.6 Å². The smallest absolute Gasteiger partial charge is 0.364 e. The molecule has 0 amide bonds. The second kappa shape index (κ2) is 7.27. The van der Waals surface area contributed by atoms with E-state index >= 15 is 0 Å². The number of benzene rings is 1. The molecule has 1 fully saturated rings. The Morgan fingerprint density at radius 3 is 2.48 bits per heavy atom. The zero-order chi connectivity index (χ0) is 19.7. The van der Waals surface area contributed by atoms with E-state index in [0.29, 0.717) is 13.1 Å². The molecule has 146 valence electrons. The Balaban J connectivity index is 1.78. The van der Waals surface area contributed by atoms with E-state index in [1.807, 2.05) is 0 Å². The summed E-state index contributed by atoms with van der Waals surface area (Å²) in [4.78, 5) is 24.9. The van der Waals surface area contributed by atoms with Crippen LogP contribution in [0, 0.1) is 0 Å². The average Bonchev–Trinajstić information content (AvgIpc) is 2.61. The van der Waals surface area contributed by atoms with Crippen molar-refractivity contribution < 1.29 is 35.4 Å². The first-order valence-corrected chi connectivity index (χ1v) is 9.31. The molecule has 1 aromatic carbocycles. The fraction of sp³-hybridized carbons (Fsp3) is 0.400. The Bertz CT molecular complexity index is 959. The first kappa shape index (κ1) is 19.3. The number of nitrogens with zero attached hydrogens (tertiary/aromatic N) is 3. The molecular formula is C15H14F3N3O5S. The van der Waals surface area contributed by atoms with Gasteiger partial charge in [-0.2, -0.15) is 21.6 Å². The van der Waals surface area contributed by atoms with E-state index in [1.54, 1.807) is 5.06 Å². The Kier molecular flexibility index (Phi) is 5.20. The van der Waals surface area contributed by atoms with Gasteiger partial charge in [0.15, 0.2) is 0 Å². The number of fused-ring (bicyclic) bond motifs is 1. The number of carbonyl (C=O) groups is 1. The van der Waals surface area contributed by atoms with Crippen molar-refractivity contribution in [2.24, 2.45) is 0 Å². The highest BCUT2D eigenvalue weighted by atomic mass is 32.2. The number of hydrogen-bond donors (Lipinski definition) is 0. The summed E-state index contributed by atoms with van der Waals surface area (Å²) in [5.74, 6) is -1.43. The molecule has 12 heteroatoms. The number of halogens is 3. The van der Waals surface area contributed by atoms with Crippen LogP contribution < -0.4 is 4.18 Å². The second-order valence-corrected chi connectivity index (χ2v) is 7.30. The van der Waals surface area contributed by atoms with Crippen molar-refractivity contribution in [3.63, 3.8) is 0 Å². The molecule has 0 N–H and O–H groups in total. The lowest BCUT2D eigenvalue weighted by Crippen LogP contribution is -2.32. The zero-order valence-electron chi connectivity index (χ0n) is 13.8. The molecule has 0 saturated carbocycles. The van der Waals surface area contributed by atoms with Crippen LogP contribution in [0.15, 0.2) is 24.4 Å². The van der Waals surface area contributed by atoms with Gasteiger partial charge in [0.25, 0.3) is 5.88 Å². The summed E-state index contributed by atoms with van der Waals surface area (Å²) < 4.78 is 63.0.